The number of sulfone groups is 2. The number of carbonyl (C=O) groups is 1. The second-order valence-corrected chi connectivity index (χ2v) is 11.4. The molecule has 9 heteroatoms. The number of piperidine rings is 1. The molecule has 1 saturated heterocycles. The van der Waals surface area contributed by atoms with Gasteiger partial charge in [0.1, 0.15) is 0 Å². The van der Waals surface area contributed by atoms with Crippen molar-refractivity contribution in [2.24, 2.45) is 0 Å². The van der Waals surface area contributed by atoms with E-state index in [4.69, 9.17) is 0 Å². The van der Waals surface area contributed by atoms with Crippen LogP contribution in [0.2, 0.25) is 0 Å². The number of aromatic nitrogens is 1. The molecular formula is C20H24N2O5S2. The van der Waals surface area contributed by atoms with Crippen molar-refractivity contribution in [1.82, 2.24) is 9.88 Å². The molecule has 1 aromatic heterocycles. The van der Waals surface area contributed by atoms with Gasteiger partial charge < -0.3 is 4.90 Å². The molecule has 156 valence electrons. The van der Waals surface area contributed by atoms with Gasteiger partial charge >= 0.3 is 0 Å². The molecule has 0 aliphatic carbocycles. The Bertz CT molecular complexity index is 1100. The van der Waals surface area contributed by atoms with Crippen molar-refractivity contribution in [3.05, 3.63) is 53.9 Å². The molecule has 0 spiro atoms. The lowest BCUT2D eigenvalue weighted by atomic mass is 9.92. The number of rotatable bonds is 5. The number of nitrogens with zero attached hydrogens (tertiary/aromatic N) is 2. The number of pyridine rings is 1. The van der Waals surface area contributed by atoms with E-state index in [1.165, 1.54) is 18.4 Å². The van der Waals surface area contributed by atoms with Crippen molar-refractivity contribution in [1.29, 1.82) is 0 Å². The van der Waals surface area contributed by atoms with Crippen molar-refractivity contribution in [2.75, 3.05) is 25.6 Å². The van der Waals surface area contributed by atoms with Gasteiger partial charge in [-0.2, -0.15) is 0 Å². The van der Waals surface area contributed by atoms with Gasteiger partial charge in [-0.25, -0.2) is 16.8 Å². The molecule has 0 bridgehead atoms. The Hall–Kier alpha value is -2.26. The summed E-state index contributed by atoms with van der Waals surface area (Å²) in [7, 11) is -6.61. The second-order valence-electron chi connectivity index (χ2n) is 7.41. The zero-order chi connectivity index (χ0) is 21.2. The molecule has 0 radical (unpaired) electrons. The van der Waals surface area contributed by atoms with Crippen molar-refractivity contribution < 1.29 is 21.6 Å². The lowest BCUT2D eigenvalue weighted by Gasteiger charge is -2.32. The number of benzene rings is 1. The van der Waals surface area contributed by atoms with Crippen LogP contribution in [0.25, 0.3) is 0 Å². The van der Waals surface area contributed by atoms with Crippen LogP contribution >= 0.6 is 0 Å². The molecule has 29 heavy (non-hydrogen) atoms. The van der Waals surface area contributed by atoms with Crippen molar-refractivity contribution >= 4 is 25.6 Å². The summed E-state index contributed by atoms with van der Waals surface area (Å²) in [5, 5.41) is 0. The molecule has 2 aromatic rings. The van der Waals surface area contributed by atoms with Crippen LogP contribution in [0.3, 0.4) is 0 Å². The van der Waals surface area contributed by atoms with E-state index in [2.05, 4.69) is 4.98 Å². The summed E-state index contributed by atoms with van der Waals surface area (Å²) in [6.07, 6.45) is 5.43. The molecule has 1 amide bonds. The fourth-order valence-corrected chi connectivity index (χ4v) is 5.12. The highest BCUT2D eigenvalue weighted by Crippen LogP contribution is 2.31. The smallest absolute Gasteiger partial charge is 0.226 e. The van der Waals surface area contributed by atoms with Gasteiger partial charge in [0.15, 0.2) is 19.7 Å². The third-order valence-corrected chi connectivity index (χ3v) is 7.41. The summed E-state index contributed by atoms with van der Waals surface area (Å²) in [4.78, 5) is 19.2. The number of hydrogen-bond acceptors (Lipinski definition) is 6. The van der Waals surface area contributed by atoms with Crippen molar-refractivity contribution in [2.45, 2.75) is 35.0 Å². The topological polar surface area (TPSA) is 101 Å². The molecule has 0 unspecified atom stereocenters. The highest BCUT2D eigenvalue weighted by Gasteiger charge is 2.28. The first-order chi connectivity index (χ1) is 13.6. The van der Waals surface area contributed by atoms with Gasteiger partial charge in [-0.1, -0.05) is 12.1 Å². The Balaban J connectivity index is 1.63. The Kier molecular flexibility index (Phi) is 6.09. The highest BCUT2D eigenvalue weighted by molar-refractivity contribution is 7.91. The maximum atomic E-state index is 12.6. The van der Waals surface area contributed by atoms with Crippen molar-refractivity contribution in [3.8, 4) is 0 Å². The molecule has 2 heterocycles. The first-order valence-electron chi connectivity index (χ1n) is 9.27. The van der Waals surface area contributed by atoms with E-state index in [9.17, 15) is 21.6 Å². The van der Waals surface area contributed by atoms with E-state index in [-0.39, 0.29) is 28.0 Å². The van der Waals surface area contributed by atoms with E-state index < -0.39 is 19.7 Å². The minimum Gasteiger partial charge on any atom is -0.342 e. The minimum atomic E-state index is -3.35. The summed E-state index contributed by atoms with van der Waals surface area (Å²) in [5.74, 6) is -0.0288. The maximum Gasteiger partial charge on any atom is 0.226 e. The third-order valence-electron chi connectivity index (χ3n) is 5.14. The third kappa shape index (κ3) is 5.22. The monoisotopic (exact) mass is 436 g/mol. The van der Waals surface area contributed by atoms with E-state index in [1.807, 2.05) is 0 Å². The van der Waals surface area contributed by atoms with Crippen LogP contribution in [0.4, 0.5) is 0 Å². The summed E-state index contributed by atoms with van der Waals surface area (Å²) in [6, 6.07) is 9.54. The summed E-state index contributed by atoms with van der Waals surface area (Å²) in [6.45, 7) is 1.06. The SMILES string of the molecule is CS(=O)(=O)c1ccc(CC(=O)N2CCC(c3ncccc3S(C)(=O)=O)CC2)cc1. The lowest BCUT2D eigenvalue weighted by molar-refractivity contribution is -0.131. The standard InChI is InChI=1S/C20H24N2O5S2/c1-28(24,25)17-7-5-15(6-8-17)14-19(23)22-12-9-16(10-13-22)20-18(29(2,26)27)4-3-11-21-20/h3-8,11,16H,9-10,12-14H2,1-2H3. The van der Waals surface area contributed by atoms with Crippen LogP contribution in [0.5, 0.6) is 0 Å². The molecule has 0 saturated carbocycles. The van der Waals surface area contributed by atoms with E-state index in [0.29, 0.717) is 31.6 Å². The normalized spacial score (nSPS) is 16.0. The maximum absolute atomic E-state index is 12.6. The molecule has 1 aliphatic heterocycles. The molecule has 0 atom stereocenters. The quantitative estimate of drug-likeness (QED) is 0.709. The summed E-state index contributed by atoms with van der Waals surface area (Å²) in [5.41, 5.74) is 1.34. The Labute approximate surface area is 171 Å². The molecule has 1 aromatic carbocycles. The zero-order valence-corrected chi connectivity index (χ0v) is 18.0. The largest absolute Gasteiger partial charge is 0.342 e. The van der Waals surface area contributed by atoms with Crippen LogP contribution in [-0.4, -0.2) is 58.2 Å². The summed E-state index contributed by atoms with van der Waals surface area (Å²) < 4.78 is 47.1. The predicted molar refractivity (Wildman–Crippen MR) is 109 cm³/mol. The van der Waals surface area contributed by atoms with Crippen molar-refractivity contribution in [3.63, 3.8) is 0 Å². The Morgan fingerprint density at radius 1 is 1.00 bits per heavy atom. The molecule has 1 fully saturated rings. The zero-order valence-electron chi connectivity index (χ0n) is 16.4. The molecular weight excluding hydrogens is 412 g/mol. The fraction of sp³-hybridized carbons (Fsp3) is 0.400. The van der Waals surface area contributed by atoms with Gasteiger partial charge in [-0.3, -0.25) is 9.78 Å². The fourth-order valence-electron chi connectivity index (χ4n) is 3.57. The van der Waals surface area contributed by atoms with Crippen LogP contribution in [-0.2, 0) is 30.9 Å². The predicted octanol–water partition coefficient (Wildman–Crippen LogP) is 1.84. The van der Waals surface area contributed by atoms with Gasteiger partial charge in [-0.05, 0) is 42.7 Å². The Morgan fingerprint density at radius 2 is 1.62 bits per heavy atom. The Morgan fingerprint density at radius 3 is 2.17 bits per heavy atom. The second kappa shape index (κ2) is 8.23. The average molecular weight is 437 g/mol. The number of hydrogen-bond donors (Lipinski definition) is 0. The van der Waals surface area contributed by atoms with E-state index in [0.717, 1.165) is 11.8 Å². The van der Waals surface area contributed by atoms with E-state index in [1.54, 1.807) is 35.4 Å². The molecule has 1 aliphatic rings. The average Bonchev–Trinajstić information content (AvgIpc) is 2.67. The van der Waals surface area contributed by atoms with Gasteiger partial charge in [0, 0.05) is 37.7 Å². The van der Waals surface area contributed by atoms with Crippen LogP contribution in [0.1, 0.15) is 30.0 Å². The van der Waals surface area contributed by atoms with Crippen LogP contribution in [0.15, 0.2) is 52.4 Å². The van der Waals surface area contributed by atoms with E-state index >= 15 is 0 Å². The van der Waals surface area contributed by atoms with Gasteiger partial charge in [0.2, 0.25) is 5.91 Å². The lowest BCUT2D eigenvalue weighted by Crippen LogP contribution is -2.39. The number of carbonyl (C=O) groups excluding carboxylic acids is 1. The number of likely N-dealkylation sites (tertiary alicyclic amines) is 1. The molecule has 3 rings (SSSR count). The first kappa shape index (κ1) is 21.4. The first-order valence-corrected chi connectivity index (χ1v) is 13.1. The molecule has 0 N–H and O–H groups in total. The summed E-state index contributed by atoms with van der Waals surface area (Å²) >= 11 is 0. The van der Waals surface area contributed by atoms with Gasteiger partial charge in [-0.15, -0.1) is 0 Å². The highest BCUT2D eigenvalue weighted by atomic mass is 32.2. The minimum absolute atomic E-state index is 0.000908. The van der Waals surface area contributed by atoms with Gasteiger partial charge in [0.25, 0.3) is 0 Å². The van der Waals surface area contributed by atoms with Crippen LogP contribution in [0, 0.1) is 0 Å². The van der Waals surface area contributed by atoms with Crippen LogP contribution < -0.4 is 0 Å². The number of amides is 1. The van der Waals surface area contributed by atoms with Gasteiger partial charge in [0.05, 0.1) is 21.9 Å². The molecule has 7 nitrogen and oxygen atoms in total.